The van der Waals surface area contributed by atoms with E-state index in [0.717, 1.165) is 11.3 Å². The number of nitrogens with zero attached hydrogens (tertiary/aromatic N) is 4. The molecule has 3 rings (SSSR count). The number of rotatable bonds is 2. The second-order valence-corrected chi connectivity index (χ2v) is 4.90. The molecule has 3 aromatic heterocycles. The number of hydrogen-bond donors (Lipinski definition) is 0. The van der Waals surface area contributed by atoms with Crippen molar-refractivity contribution in [2.45, 2.75) is 13.8 Å². The van der Waals surface area contributed by atoms with E-state index in [2.05, 4.69) is 15.1 Å². The molecule has 0 N–H and O–H groups in total. The van der Waals surface area contributed by atoms with Crippen molar-refractivity contribution in [3.63, 3.8) is 0 Å². The number of hydrogen-bond acceptors (Lipinski definition) is 5. The van der Waals surface area contributed by atoms with Crippen LogP contribution in [0.2, 0.25) is 0 Å². The molecular formula is C15H14N4O2. The van der Waals surface area contributed by atoms with Crippen molar-refractivity contribution < 1.29 is 4.52 Å². The number of pyridine rings is 2. The fourth-order valence-electron chi connectivity index (χ4n) is 2.17. The highest BCUT2D eigenvalue weighted by Crippen LogP contribution is 2.20. The van der Waals surface area contributed by atoms with Gasteiger partial charge in [-0.25, -0.2) is 4.98 Å². The van der Waals surface area contributed by atoms with Gasteiger partial charge in [0.05, 0.1) is 0 Å². The predicted molar refractivity (Wildman–Crippen MR) is 77.7 cm³/mol. The molecule has 0 atom stereocenters. The first-order valence-corrected chi connectivity index (χ1v) is 6.50. The molecule has 0 radical (unpaired) electrons. The summed E-state index contributed by atoms with van der Waals surface area (Å²) >= 11 is 0. The van der Waals surface area contributed by atoms with E-state index in [0.29, 0.717) is 23.1 Å². The second kappa shape index (κ2) is 4.97. The Morgan fingerprint density at radius 1 is 1.14 bits per heavy atom. The van der Waals surface area contributed by atoms with Crippen LogP contribution >= 0.6 is 0 Å². The van der Waals surface area contributed by atoms with E-state index in [4.69, 9.17) is 4.52 Å². The molecule has 0 saturated carbocycles. The molecule has 0 aliphatic heterocycles. The Kier molecular flexibility index (Phi) is 3.13. The van der Waals surface area contributed by atoms with Gasteiger partial charge in [-0.3, -0.25) is 4.79 Å². The highest BCUT2D eigenvalue weighted by molar-refractivity contribution is 5.55. The summed E-state index contributed by atoms with van der Waals surface area (Å²) in [6, 6.07) is 8.77. The minimum absolute atomic E-state index is 0.128. The predicted octanol–water partition coefficient (Wildman–Crippen LogP) is 2.11. The zero-order valence-electron chi connectivity index (χ0n) is 12.0. The summed E-state index contributed by atoms with van der Waals surface area (Å²) in [6.45, 7) is 3.90. The molecule has 0 unspecified atom stereocenters. The van der Waals surface area contributed by atoms with E-state index in [-0.39, 0.29) is 5.56 Å². The van der Waals surface area contributed by atoms with Gasteiger partial charge in [-0.1, -0.05) is 11.2 Å². The van der Waals surface area contributed by atoms with E-state index in [1.807, 2.05) is 26.0 Å². The molecule has 0 bridgehead atoms. The van der Waals surface area contributed by atoms with Gasteiger partial charge in [-0.15, -0.1) is 0 Å². The van der Waals surface area contributed by atoms with E-state index in [1.54, 1.807) is 19.2 Å². The van der Waals surface area contributed by atoms with Crippen LogP contribution in [0.3, 0.4) is 0 Å². The van der Waals surface area contributed by atoms with Crippen LogP contribution in [0.5, 0.6) is 0 Å². The summed E-state index contributed by atoms with van der Waals surface area (Å²) in [7, 11) is 1.66. The molecule has 106 valence electrons. The maximum absolute atomic E-state index is 11.6. The molecule has 21 heavy (non-hydrogen) atoms. The number of aryl methyl sites for hydroxylation is 2. The average molecular weight is 282 g/mol. The smallest absolute Gasteiger partial charge is 0.275 e. The minimum atomic E-state index is -0.128. The molecule has 6 heteroatoms. The third-order valence-corrected chi connectivity index (χ3v) is 3.16. The quantitative estimate of drug-likeness (QED) is 0.719. The van der Waals surface area contributed by atoms with E-state index < -0.39 is 0 Å². The standard InChI is InChI=1S/C15H14N4O2/c1-9-7-10(2)16-11(8-9)14-17-15(21-18-14)12-5-4-6-13(20)19(12)3/h4-8H,1-3H3. The largest absolute Gasteiger partial charge is 0.332 e. The minimum Gasteiger partial charge on any atom is -0.332 e. The van der Waals surface area contributed by atoms with Gasteiger partial charge in [0.1, 0.15) is 11.4 Å². The average Bonchev–Trinajstić information content (AvgIpc) is 2.90. The highest BCUT2D eigenvalue weighted by atomic mass is 16.5. The van der Waals surface area contributed by atoms with Gasteiger partial charge in [0, 0.05) is 18.8 Å². The van der Waals surface area contributed by atoms with E-state index in [9.17, 15) is 4.79 Å². The summed E-state index contributed by atoms with van der Waals surface area (Å²) in [5.41, 5.74) is 3.07. The maximum Gasteiger partial charge on any atom is 0.275 e. The van der Waals surface area contributed by atoms with Gasteiger partial charge in [0.25, 0.3) is 11.4 Å². The van der Waals surface area contributed by atoms with Crippen LogP contribution in [0.4, 0.5) is 0 Å². The molecule has 0 fully saturated rings. The van der Waals surface area contributed by atoms with Crippen LogP contribution in [0.25, 0.3) is 23.1 Å². The molecule has 3 heterocycles. The third kappa shape index (κ3) is 2.47. The summed E-state index contributed by atoms with van der Waals surface area (Å²) in [4.78, 5) is 20.4. The molecule has 0 amide bonds. The molecule has 6 nitrogen and oxygen atoms in total. The monoisotopic (exact) mass is 282 g/mol. The lowest BCUT2D eigenvalue weighted by molar-refractivity contribution is 0.428. The Hall–Kier alpha value is -2.76. The lowest BCUT2D eigenvalue weighted by Gasteiger charge is -2.01. The van der Waals surface area contributed by atoms with Crippen molar-refractivity contribution in [3.05, 3.63) is 51.9 Å². The van der Waals surface area contributed by atoms with Crippen molar-refractivity contribution in [1.82, 2.24) is 19.7 Å². The second-order valence-electron chi connectivity index (χ2n) is 4.90. The Balaban J connectivity index is 2.08. The SMILES string of the molecule is Cc1cc(C)nc(-c2noc(-c3cccc(=O)n3C)n2)c1. The molecule has 0 aliphatic carbocycles. The van der Waals surface area contributed by atoms with Crippen molar-refractivity contribution >= 4 is 0 Å². The lowest BCUT2D eigenvalue weighted by Crippen LogP contribution is -2.16. The van der Waals surface area contributed by atoms with Gasteiger partial charge in [-0.05, 0) is 37.6 Å². The molecule has 3 aromatic rings. The Bertz CT molecular complexity index is 844. The van der Waals surface area contributed by atoms with Crippen LogP contribution in [-0.2, 0) is 7.05 Å². The van der Waals surface area contributed by atoms with Crippen molar-refractivity contribution in [2.75, 3.05) is 0 Å². The summed E-state index contributed by atoms with van der Waals surface area (Å²) in [5, 5.41) is 3.95. The Morgan fingerprint density at radius 3 is 2.71 bits per heavy atom. The molecule has 0 spiro atoms. The fraction of sp³-hybridized carbons (Fsp3) is 0.200. The van der Waals surface area contributed by atoms with Gasteiger partial charge < -0.3 is 9.09 Å². The molecule has 0 aliphatic rings. The lowest BCUT2D eigenvalue weighted by atomic mass is 10.2. The first-order chi connectivity index (χ1) is 10.0. The summed E-state index contributed by atoms with van der Waals surface area (Å²) < 4.78 is 6.72. The summed E-state index contributed by atoms with van der Waals surface area (Å²) in [6.07, 6.45) is 0. The van der Waals surface area contributed by atoms with Crippen LogP contribution < -0.4 is 5.56 Å². The zero-order valence-corrected chi connectivity index (χ0v) is 12.0. The van der Waals surface area contributed by atoms with Crippen molar-refractivity contribution in [3.8, 4) is 23.1 Å². The Morgan fingerprint density at radius 2 is 1.95 bits per heavy atom. The Labute approximate surface area is 121 Å². The topological polar surface area (TPSA) is 73.8 Å². The first kappa shape index (κ1) is 13.2. The molecular weight excluding hydrogens is 268 g/mol. The zero-order chi connectivity index (χ0) is 15.0. The van der Waals surface area contributed by atoms with Crippen molar-refractivity contribution in [1.29, 1.82) is 0 Å². The maximum atomic E-state index is 11.6. The highest BCUT2D eigenvalue weighted by Gasteiger charge is 2.14. The van der Waals surface area contributed by atoms with Gasteiger partial charge in [0.2, 0.25) is 5.82 Å². The summed E-state index contributed by atoms with van der Waals surface area (Å²) in [5.74, 6) is 0.708. The van der Waals surface area contributed by atoms with Gasteiger partial charge in [0.15, 0.2) is 0 Å². The fourth-order valence-corrected chi connectivity index (χ4v) is 2.17. The van der Waals surface area contributed by atoms with Crippen LogP contribution in [0, 0.1) is 13.8 Å². The molecule has 0 saturated heterocycles. The van der Waals surface area contributed by atoms with Gasteiger partial charge in [-0.2, -0.15) is 4.98 Å². The number of aromatic nitrogens is 4. The normalized spacial score (nSPS) is 10.8. The van der Waals surface area contributed by atoms with Crippen molar-refractivity contribution in [2.24, 2.45) is 7.05 Å². The van der Waals surface area contributed by atoms with Crippen LogP contribution in [-0.4, -0.2) is 19.7 Å². The van der Waals surface area contributed by atoms with E-state index in [1.165, 1.54) is 10.6 Å². The van der Waals surface area contributed by atoms with Gasteiger partial charge >= 0.3 is 0 Å². The van der Waals surface area contributed by atoms with Crippen LogP contribution in [0.1, 0.15) is 11.3 Å². The first-order valence-electron chi connectivity index (χ1n) is 6.50. The third-order valence-electron chi connectivity index (χ3n) is 3.16. The van der Waals surface area contributed by atoms with E-state index >= 15 is 0 Å². The van der Waals surface area contributed by atoms with Crippen LogP contribution in [0.15, 0.2) is 39.6 Å². The molecule has 0 aromatic carbocycles.